The summed E-state index contributed by atoms with van der Waals surface area (Å²) in [6, 6.07) is 20.1. The molecule has 5 aromatic rings. The number of hydrogen-bond acceptors (Lipinski definition) is 7. The van der Waals surface area contributed by atoms with Crippen molar-refractivity contribution in [2.75, 3.05) is 12.4 Å². The zero-order valence-corrected chi connectivity index (χ0v) is 18.8. The van der Waals surface area contributed by atoms with Crippen molar-refractivity contribution in [2.24, 2.45) is 0 Å². The summed E-state index contributed by atoms with van der Waals surface area (Å²) in [7, 11) is 1.60. The van der Waals surface area contributed by atoms with E-state index < -0.39 is 10.8 Å². The fourth-order valence-electron chi connectivity index (χ4n) is 3.66. The van der Waals surface area contributed by atoms with Crippen LogP contribution in [-0.4, -0.2) is 32.9 Å². The maximum atomic E-state index is 12.9. The minimum absolute atomic E-state index is 0.0273. The lowest BCUT2D eigenvalue weighted by molar-refractivity contribution is -0.384. The average molecular weight is 469 g/mol. The zero-order chi connectivity index (χ0) is 24.5. The van der Waals surface area contributed by atoms with E-state index in [1.54, 1.807) is 31.4 Å². The molecule has 5 rings (SSSR count). The van der Waals surface area contributed by atoms with Crippen LogP contribution in [0.25, 0.3) is 28.0 Å². The number of fused-ring (bicyclic) bond motifs is 1. The molecule has 0 spiro atoms. The summed E-state index contributed by atoms with van der Waals surface area (Å²) in [5.41, 5.74) is 3.57. The van der Waals surface area contributed by atoms with E-state index in [4.69, 9.17) is 9.15 Å². The van der Waals surface area contributed by atoms with E-state index in [1.807, 2.05) is 37.3 Å². The molecule has 174 valence electrons. The van der Waals surface area contributed by atoms with E-state index in [-0.39, 0.29) is 17.2 Å². The van der Waals surface area contributed by atoms with Gasteiger partial charge >= 0.3 is 0 Å². The number of nitro groups is 1. The third-order valence-corrected chi connectivity index (χ3v) is 5.47. The molecule has 2 heterocycles. The number of nitro benzene ring substituents is 1. The summed E-state index contributed by atoms with van der Waals surface area (Å²) in [6.45, 7) is 1.85. The van der Waals surface area contributed by atoms with Crippen LogP contribution in [0.2, 0.25) is 0 Å². The molecule has 0 saturated heterocycles. The average Bonchev–Trinajstić information content (AvgIpc) is 3.52. The minimum atomic E-state index is -0.491. The van der Waals surface area contributed by atoms with Gasteiger partial charge in [-0.05, 0) is 67.1 Å². The number of aryl methyl sites for hydroxylation is 1. The molecule has 0 aliphatic heterocycles. The van der Waals surface area contributed by atoms with Crippen molar-refractivity contribution >= 4 is 28.3 Å². The Morgan fingerprint density at radius 3 is 2.46 bits per heavy atom. The SMILES string of the molecule is COc1ccc(-n2nc3cc(C)c(NC(=O)c4ccc(-c5ccccc5[N+](=O)[O-])o4)cc3n2)cc1. The Morgan fingerprint density at radius 2 is 1.74 bits per heavy atom. The van der Waals surface area contributed by atoms with Crippen LogP contribution in [0.4, 0.5) is 11.4 Å². The highest BCUT2D eigenvalue weighted by Crippen LogP contribution is 2.31. The minimum Gasteiger partial charge on any atom is -0.497 e. The molecule has 0 aliphatic carbocycles. The molecule has 0 saturated carbocycles. The lowest BCUT2D eigenvalue weighted by atomic mass is 10.1. The van der Waals surface area contributed by atoms with E-state index in [9.17, 15) is 14.9 Å². The second-order valence-electron chi connectivity index (χ2n) is 7.74. The number of carbonyl (C=O) groups excluding carboxylic acids is 1. The Balaban J connectivity index is 1.40. The summed E-state index contributed by atoms with van der Waals surface area (Å²) in [5.74, 6) is 0.505. The number of carbonyl (C=O) groups is 1. The number of amides is 1. The largest absolute Gasteiger partial charge is 0.497 e. The fourth-order valence-corrected chi connectivity index (χ4v) is 3.66. The van der Waals surface area contributed by atoms with E-state index in [2.05, 4.69) is 15.5 Å². The number of hydrogen-bond donors (Lipinski definition) is 1. The number of aromatic nitrogens is 3. The molecule has 10 nitrogen and oxygen atoms in total. The molecule has 0 aliphatic rings. The van der Waals surface area contributed by atoms with Crippen LogP contribution in [0.3, 0.4) is 0 Å². The predicted octanol–water partition coefficient (Wildman–Crippen LogP) is 5.16. The summed E-state index contributed by atoms with van der Waals surface area (Å²) < 4.78 is 10.8. The monoisotopic (exact) mass is 469 g/mol. The number of benzene rings is 3. The Bertz CT molecular complexity index is 1570. The van der Waals surface area contributed by atoms with Crippen molar-refractivity contribution in [2.45, 2.75) is 6.92 Å². The van der Waals surface area contributed by atoms with Crippen LogP contribution in [0.1, 0.15) is 16.1 Å². The smallest absolute Gasteiger partial charge is 0.291 e. The van der Waals surface area contributed by atoms with Crippen LogP contribution in [0, 0.1) is 17.0 Å². The Labute approximate surface area is 198 Å². The molecule has 1 amide bonds. The van der Waals surface area contributed by atoms with Crippen molar-refractivity contribution in [1.29, 1.82) is 0 Å². The van der Waals surface area contributed by atoms with Crippen molar-refractivity contribution in [3.63, 3.8) is 0 Å². The van der Waals surface area contributed by atoms with Gasteiger partial charge in [-0.15, -0.1) is 10.2 Å². The van der Waals surface area contributed by atoms with E-state index in [0.717, 1.165) is 17.0 Å². The van der Waals surface area contributed by atoms with Gasteiger partial charge in [-0.2, -0.15) is 4.80 Å². The van der Waals surface area contributed by atoms with Crippen LogP contribution >= 0.6 is 0 Å². The van der Waals surface area contributed by atoms with Crippen LogP contribution in [-0.2, 0) is 0 Å². The molecule has 2 aromatic heterocycles. The van der Waals surface area contributed by atoms with Gasteiger partial charge < -0.3 is 14.5 Å². The van der Waals surface area contributed by atoms with Crippen LogP contribution in [0.15, 0.2) is 77.2 Å². The molecule has 35 heavy (non-hydrogen) atoms. The van der Waals surface area contributed by atoms with Gasteiger partial charge in [0.25, 0.3) is 11.6 Å². The molecule has 0 atom stereocenters. The molecule has 1 N–H and O–H groups in total. The first-order chi connectivity index (χ1) is 16.9. The van der Waals surface area contributed by atoms with Crippen molar-refractivity contribution < 1.29 is 18.9 Å². The third-order valence-electron chi connectivity index (χ3n) is 5.47. The van der Waals surface area contributed by atoms with Gasteiger partial charge in [-0.3, -0.25) is 14.9 Å². The molecular weight excluding hydrogens is 450 g/mol. The molecule has 10 heteroatoms. The number of methoxy groups -OCH3 is 1. The van der Waals surface area contributed by atoms with E-state index in [1.165, 1.54) is 23.0 Å². The number of rotatable bonds is 6. The van der Waals surface area contributed by atoms with Gasteiger partial charge in [-0.25, -0.2) is 0 Å². The highest BCUT2D eigenvalue weighted by atomic mass is 16.6. The molecule has 0 fully saturated rings. The van der Waals surface area contributed by atoms with Gasteiger partial charge in [0.05, 0.1) is 23.3 Å². The summed E-state index contributed by atoms with van der Waals surface area (Å²) in [5, 5.41) is 23.2. The van der Waals surface area contributed by atoms with Gasteiger partial charge in [0.2, 0.25) is 0 Å². The maximum absolute atomic E-state index is 12.9. The first-order valence-corrected chi connectivity index (χ1v) is 10.6. The van der Waals surface area contributed by atoms with Crippen molar-refractivity contribution in [3.8, 4) is 22.8 Å². The van der Waals surface area contributed by atoms with Gasteiger partial charge in [0.15, 0.2) is 5.76 Å². The zero-order valence-electron chi connectivity index (χ0n) is 18.8. The first-order valence-electron chi connectivity index (χ1n) is 10.6. The predicted molar refractivity (Wildman–Crippen MR) is 129 cm³/mol. The van der Waals surface area contributed by atoms with Gasteiger partial charge in [0, 0.05) is 11.8 Å². The quantitative estimate of drug-likeness (QED) is 0.269. The summed E-state index contributed by atoms with van der Waals surface area (Å²) in [4.78, 5) is 25.2. The Morgan fingerprint density at radius 1 is 1.03 bits per heavy atom. The third kappa shape index (κ3) is 4.20. The lowest BCUT2D eigenvalue weighted by Gasteiger charge is -2.06. The summed E-state index contributed by atoms with van der Waals surface area (Å²) >= 11 is 0. The van der Waals surface area contributed by atoms with E-state index in [0.29, 0.717) is 22.3 Å². The standard InChI is InChI=1S/C25H19N5O5/c1-15-13-20-21(28-29(27-20)16-7-9-17(34-2)10-8-16)14-19(15)26-25(31)24-12-11-23(35-24)18-5-3-4-6-22(18)30(32)33/h3-14H,1-2H3,(H,26,31). The lowest BCUT2D eigenvalue weighted by Crippen LogP contribution is -2.11. The van der Waals surface area contributed by atoms with Crippen LogP contribution in [0.5, 0.6) is 5.75 Å². The second-order valence-corrected chi connectivity index (χ2v) is 7.74. The molecule has 3 aromatic carbocycles. The van der Waals surface area contributed by atoms with Crippen molar-refractivity contribution in [3.05, 3.63) is 94.2 Å². The van der Waals surface area contributed by atoms with E-state index >= 15 is 0 Å². The van der Waals surface area contributed by atoms with Gasteiger partial charge in [-0.1, -0.05) is 12.1 Å². The molecular formula is C25H19N5O5. The molecule has 0 unspecified atom stereocenters. The maximum Gasteiger partial charge on any atom is 0.291 e. The van der Waals surface area contributed by atoms with Crippen molar-refractivity contribution in [1.82, 2.24) is 15.0 Å². The fraction of sp³-hybridized carbons (Fsp3) is 0.0800. The summed E-state index contributed by atoms with van der Waals surface area (Å²) in [6.07, 6.45) is 0. The molecule has 0 bridgehead atoms. The highest BCUT2D eigenvalue weighted by molar-refractivity contribution is 6.04. The number of para-hydroxylation sites is 1. The number of nitrogens with zero attached hydrogens (tertiary/aromatic N) is 4. The second kappa shape index (κ2) is 8.75. The topological polar surface area (TPSA) is 125 Å². The number of anilines is 1. The van der Waals surface area contributed by atoms with Gasteiger partial charge in [0.1, 0.15) is 22.5 Å². The first kappa shape index (κ1) is 21.8. The highest BCUT2D eigenvalue weighted by Gasteiger charge is 2.20. The number of nitrogens with one attached hydrogen (secondary N) is 1. The Kier molecular flexibility index (Phi) is 5.46. The normalized spacial score (nSPS) is 10.9. The number of furan rings is 1. The number of ether oxygens (including phenoxy) is 1. The molecule has 0 radical (unpaired) electrons. The van der Waals surface area contributed by atoms with Crippen LogP contribution < -0.4 is 10.1 Å². The Hall–Kier alpha value is -4.99.